The van der Waals surface area contributed by atoms with E-state index in [2.05, 4.69) is 10.2 Å². The predicted octanol–water partition coefficient (Wildman–Crippen LogP) is 3.76. The van der Waals surface area contributed by atoms with Crippen LogP contribution >= 0.6 is 11.6 Å². The van der Waals surface area contributed by atoms with Gasteiger partial charge in [0.2, 0.25) is 0 Å². The summed E-state index contributed by atoms with van der Waals surface area (Å²) in [6, 6.07) is 9.35. The molecule has 2 aromatic rings. The van der Waals surface area contributed by atoms with Crippen LogP contribution in [-0.2, 0) is 38.1 Å². The van der Waals surface area contributed by atoms with E-state index in [0.717, 1.165) is 17.3 Å². The van der Waals surface area contributed by atoms with Crippen LogP contribution in [0.1, 0.15) is 42.4 Å². The molecule has 0 unspecified atom stereocenters. The highest BCUT2D eigenvalue weighted by Gasteiger charge is 2.39. The number of aliphatic carboxylic acids is 1. The summed E-state index contributed by atoms with van der Waals surface area (Å²) in [6.07, 6.45) is -4.74. The highest BCUT2D eigenvalue weighted by Crippen LogP contribution is 2.38. The van der Waals surface area contributed by atoms with Crippen LogP contribution in [0.15, 0.2) is 36.4 Å². The SMILES string of the molecule is Nc1c(Cl)cc(C[C@@H](OC(=O)N2CCC(N3CCc4ccccc4NC3=O)CC2)C(=O)N2CCC(N3CCN(C(=O)C(=O)O)CC3)CC2)cc1C(F)(F)F. The van der Waals surface area contributed by atoms with E-state index in [1.807, 2.05) is 24.3 Å². The number of piperidine rings is 2. The van der Waals surface area contributed by atoms with Crippen LogP contribution < -0.4 is 11.1 Å². The number of rotatable bonds is 6. The average Bonchev–Trinajstić information content (AvgIpc) is 3.33. The number of carboxylic acids is 1. The number of halogens is 4. The van der Waals surface area contributed by atoms with E-state index in [9.17, 15) is 37.1 Å². The molecule has 3 saturated heterocycles. The predicted molar refractivity (Wildman–Crippen MR) is 191 cm³/mol. The fourth-order valence-corrected chi connectivity index (χ4v) is 8.04. The van der Waals surface area contributed by atoms with Crippen LogP contribution in [0.3, 0.4) is 0 Å². The Balaban J connectivity index is 1.10. The first-order valence-corrected chi connectivity index (χ1v) is 18.4. The van der Waals surface area contributed by atoms with Gasteiger partial charge in [-0.15, -0.1) is 0 Å². The first-order valence-electron chi connectivity index (χ1n) is 18.0. The van der Waals surface area contributed by atoms with Gasteiger partial charge >= 0.3 is 30.2 Å². The Morgan fingerprint density at radius 3 is 2.17 bits per heavy atom. The zero-order valence-corrected chi connectivity index (χ0v) is 30.3. The van der Waals surface area contributed by atoms with Crippen LogP contribution in [0.25, 0.3) is 0 Å². The van der Waals surface area contributed by atoms with Crippen molar-refractivity contribution >= 4 is 52.9 Å². The van der Waals surface area contributed by atoms with E-state index >= 15 is 0 Å². The summed E-state index contributed by atoms with van der Waals surface area (Å²) in [5.41, 5.74) is 5.66. The summed E-state index contributed by atoms with van der Waals surface area (Å²) < 4.78 is 47.3. The third kappa shape index (κ3) is 8.78. The van der Waals surface area contributed by atoms with Crippen molar-refractivity contribution in [3.63, 3.8) is 0 Å². The van der Waals surface area contributed by atoms with Crippen molar-refractivity contribution in [2.45, 2.75) is 62.9 Å². The van der Waals surface area contributed by atoms with E-state index in [4.69, 9.17) is 27.2 Å². The molecule has 2 aromatic carbocycles. The number of amides is 5. The molecule has 4 heterocycles. The van der Waals surface area contributed by atoms with Gasteiger partial charge in [-0.2, -0.15) is 13.2 Å². The maximum absolute atomic E-state index is 14.0. The lowest BCUT2D eigenvalue weighted by molar-refractivity contribution is -0.157. The number of nitrogen functional groups attached to an aromatic ring is 1. The van der Waals surface area contributed by atoms with Gasteiger partial charge in [-0.05, 0) is 61.4 Å². The highest BCUT2D eigenvalue weighted by molar-refractivity contribution is 6.33. The van der Waals surface area contributed by atoms with Crippen molar-refractivity contribution in [3.05, 3.63) is 58.1 Å². The van der Waals surface area contributed by atoms with Crippen molar-refractivity contribution in [1.82, 2.24) is 24.5 Å². The number of fused-ring (bicyclic) bond motifs is 1. The maximum Gasteiger partial charge on any atom is 0.418 e. The average molecular weight is 778 g/mol. The number of nitrogens with two attached hydrogens (primary N) is 1. The standard InChI is InChI=1S/C36H43ClF3N7O7/c37-27-20-22(19-26(30(27)41)36(38,39)40)21-29(31(48)44-10-6-24(7-11-44)43-15-17-45(18-16-43)32(49)33(50)51)54-35(53)46-12-8-25(9-13-46)47-14-5-23-3-1-2-4-28(23)42-34(47)52/h1-4,19-20,24-25,29H,5-18,21,41H2,(H,42,52)(H,50,51)/t29-/m1/s1. The van der Waals surface area contributed by atoms with Gasteiger partial charge in [0, 0.05) is 83.1 Å². The number of alkyl halides is 3. The molecule has 5 amide bonds. The second kappa shape index (κ2) is 16.3. The van der Waals surface area contributed by atoms with Crippen molar-refractivity contribution in [3.8, 4) is 0 Å². The summed E-state index contributed by atoms with van der Waals surface area (Å²) in [5.74, 6) is -3.00. The second-order valence-electron chi connectivity index (χ2n) is 14.1. The van der Waals surface area contributed by atoms with Crippen LogP contribution in [0.2, 0.25) is 5.02 Å². The van der Waals surface area contributed by atoms with Gasteiger partial charge in [-0.25, -0.2) is 14.4 Å². The molecule has 6 rings (SSSR count). The molecule has 3 fully saturated rings. The molecule has 54 heavy (non-hydrogen) atoms. The first-order chi connectivity index (χ1) is 25.7. The Labute approximate surface area is 314 Å². The zero-order chi connectivity index (χ0) is 38.7. The van der Waals surface area contributed by atoms with Gasteiger partial charge in [0.25, 0.3) is 5.91 Å². The minimum absolute atomic E-state index is 0.0169. The zero-order valence-electron chi connectivity index (χ0n) is 29.5. The minimum Gasteiger partial charge on any atom is -0.474 e. The molecule has 292 valence electrons. The molecule has 0 radical (unpaired) electrons. The molecule has 4 aliphatic heterocycles. The molecule has 1 atom stereocenters. The number of anilines is 2. The monoisotopic (exact) mass is 777 g/mol. The fraction of sp³-hybridized carbons (Fsp3) is 0.528. The first kappa shape index (κ1) is 38.9. The Morgan fingerprint density at radius 1 is 0.889 bits per heavy atom. The molecule has 0 saturated carbocycles. The number of ether oxygens (including phenoxy) is 1. The number of carbonyl (C=O) groups is 5. The number of nitrogens with one attached hydrogen (secondary N) is 1. The Hall–Kier alpha value is -4.77. The van der Waals surface area contributed by atoms with Crippen LogP contribution in [0.4, 0.5) is 34.1 Å². The number of hydrogen-bond donors (Lipinski definition) is 3. The number of para-hydroxylation sites is 1. The third-order valence-corrected chi connectivity index (χ3v) is 11.1. The van der Waals surface area contributed by atoms with Gasteiger partial charge in [0.05, 0.1) is 16.3 Å². The fourth-order valence-electron chi connectivity index (χ4n) is 7.79. The van der Waals surface area contributed by atoms with Gasteiger partial charge in [-0.1, -0.05) is 29.8 Å². The summed E-state index contributed by atoms with van der Waals surface area (Å²) in [4.78, 5) is 71.8. The number of carbonyl (C=O) groups excluding carboxylic acids is 4. The molecule has 18 heteroatoms. The lowest BCUT2D eigenvalue weighted by Crippen LogP contribution is -2.56. The van der Waals surface area contributed by atoms with Crippen molar-refractivity contribution < 1.29 is 47.0 Å². The van der Waals surface area contributed by atoms with E-state index in [1.165, 1.54) is 20.8 Å². The number of hydrogen-bond acceptors (Lipinski definition) is 8. The lowest BCUT2D eigenvalue weighted by Gasteiger charge is -2.43. The van der Waals surface area contributed by atoms with Crippen molar-refractivity contribution in [2.24, 2.45) is 0 Å². The molecule has 0 bridgehead atoms. The van der Waals surface area contributed by atoms with Gasteiger partial charge in [0.1, 0.15) is 0 Å². The van der Waals surface area contributed by atoms with E-state index in [1.54, 1.807) is 4.90 Å². The summed E-state index contributed by atoms with van der Waals surface area (Å²) in [7, 11) is 0. The Bertz CT molecular complexity index is 1760. The number of benzene rings is 2. The Morgan fingerprint density at radius 2 is 1.52 bits per heavy atom. The molecule has 0 aromatic heterocycles. The molecular weight excluding hydrogens is 735 g/mol. The Kier molecular flexibility index (Phi) is 11.8. The lowest BCUT2D eigenvalue weighted by atomic mass is 9.99. The summed E-state index contributed by atoms with van der Waals surface area (Å²) in [5, 5.41) is 11.6. The normalized spacial score (nSPS) is 19.8. The summed E-state index contributed by atoms with van der Waals surface area (Å²) in [6.45, 7) is 3.05. The molecule has 4 aliphatic rings. The topological polar surface area (TPSA) is 169 Å². The molecule has 0 aliphatic carbocycles. The van der Waals surface area contributed by atoms with Gasteiger partial charge < -0.3 is 40.5 Å². The van der Waals surface area contributed by atoms with Crippen molar-refractivity contribution in [1.29, 1.82) is 0 Å². The van der Waals surface area contributed by atoms with Crippen LogP contribution in [0.5, 0.6) is 0 Å². The smallest absolute Gasteiger partial charge is 0.418 e. The molecule has 4 N–H and O–H groups in total. The van der Waals surface area contributed by atoms with E-state index in [-0.39, 0.29) is 74.4 Å². The second-order valence-corrected chi connectivity index (χ2v) is 14.5. The minimum atomic E-state index is -4.81. The molecule has 14 nitrogen and oxygen atoms in total. The number of nitrogens with zero attached hydrogens (tertiary/aromatic N) is 5. The van der Waals surface area contributed by atoms with Crippen LogP contribution in [-0.4, -0.2) is 137 Å². The number of piperazine rings is 1. The molecular formula is C36H43ClF3N7O7. The quantitative estimate of drug-likeness (QED) is 0.292. The highest BCUT2D eigenvalue weighted by atomic mass is 35.5. The van der Waals surface area contributed by atoms with Crippen molar-refractivity contribution in [2.75, 3.05) is 70.0 Å². The maximum atomic E-state index is 14.0. The number of likely N-dealkylation sites (tertiary alicyclic amines) is 2. The molecule has 0 spiro atoms. The van der Waals surface area contributed by atoms with Gasteiger partial charge in [-0.3, -0.25) is 14.5 Å². The van der Waals surface area contributed by atoms with E-state index in [0.29, 0.717) is 51.7 Å². The third-order valence-electron chi connectivity index (χ3n) is 10.8. The number of urea groups is 1. The number of carboxylic acid groups (broad SMARTS) is 1. The van der Waals surface area contributed by atoms with Crippen LogP contribution in [0, 0.1) is 0 Å². The van der Waals surface area contributed by atoms with Gasteiger partial charge in [0.15, 0.2) is 6.10 Å². The largest absolute Gasteiger partial charge is 0.474 e. The van der Waals surface area contributed by atoms with E-state index < -0.39 is 47.4 Å². The summed E-state index contributed by atoms with van der Waals surface area (Å²) >= 11 is 6.10.